The third kappa shape index (κ3) is 13.4. The summed E-state index contributed by atoms with van der Waals surface area (Å²) in [4.78, 5) is 10.8. The van der Waals surface area contributed by atoms with E-state index in [1.165, 1.54) is 31.2 Å². The quantitative estimate of drug-likeness (QED) is 0.416. The van der Waals surface area contributed by atoms with Gasteiger partial charge in [-0.15, -0.1) is 0 Å². The molecule has 1 aromatic rings. The smallest absolute Gasteiger partial charge is 0.152 e. The van der Waals surface area contributed by atoms with Crippen molar-refractivity contribution in [3.63, 3.8) is 0 Å². The second kappa shape index (κ2) is 16.7. The van der Waals surface area contributed by atoms with Crippen LogP contribution in [0.1, 0.15) is 78.4 Å². The van der Waals surface area contributed by atoms with Crippen LogP contribution in [-0.4, -0.2) is 5.78 Å². The van der Waals surface area contributed by atoms with Gasteiger partial charge in [0.15, 0.2) is 5.78 Å². The molecule has 0 aromatic heterocycles. The molecule has 0 fully saturated rings. The first-order valence-corrected chi connectivity index (χ1v) is 8.50. The molecular weight excluding hydrogens is 256 g/mol. The van der Waals surface area contributed by atoms with E-state index in [1.807, 2.05) is 33.8 Å². The molecule has 0 bridgehead atoms. The number of carbonyl (C=O) groups excluding carboxylic acids is 1. The Morgan fingerprint density at radius 2 is 1.52 bits per heavy atom. The molecule has 0 aliphatic heterocycles. The topological polar surface area (TPSA) is 17.1 Å². The van der Waals surface area contributed by atoms with Gasteiger partial charge < -0.3 is 0 Å². The van der Waals surface area contributed by atoms with Crippen LogP contribution in [0, 0.1) is 0 Å². The van der Waals surface area contributed by atoms with Crippen molar-refractivity contribution in [2.45, 2.75) is 73.6 Å². The van der Waals surface area contributed by atoms with E-state index in [1.54, 1.807) is 13.0 Å². The van der Waals surface area contributed by atoms with Crippen LogP contribution in [0.4, 0.5) is 0 Å². The van der Waals surface area contributed by atoms with E-state index in [9.17, 15) is 4.79 Å². The van der Waals surface area contributed by atoms with Crippen molar-refractivity contribution in [1.29, 1.82) is 0 Å². The third-order valence-electron chi connectivity index (χ3n) is 2.81. The fourth-order valence-electron chi connectivity index (χ4n) is 1.76. The molecule has 1 rings (SSSR count). The summed E-state index contributed by atoms with van der Waals surface area (Å²) in [6, 6.07) is 8.47. The molecule has 120 valence electrons. The first-order chi connectivity index (χ1) is 10.2. The molecule has 0 saturated heterocycles. The van der Waals surface area contributed by atoms with Gasteiger partial charge in [-0.2, -0.15) is 0 Å². The molecule has 21 heavy (non-hydrogen) atoms. The Balaban J connectivity index is 0. The molecule has 0 radical (unpaired) electrons. The van der Waals surface area contributed by atoms with Crippen LogP contribution in [0.2, 0.25) is 0 Å². The maximum absolute atomic E-state index is 10.8. The monoisotopic (exact) mass is 290 g/mol. The Bertz CT molecular complexity index is 360. The Kier molecular flexibility index (Phi) is 17.4. The van der Waals surface area contributed by atoms with Gasteiger partial charge in [-0.1, -0.05) is 84.2 Å². The molecule has 1 aromatic carbocycles. The van der Waals surface area contributed by atoms with Crippen LogP contribution < -0.4 is 0 Å². The van der Waals surface area contributed by atoms with Gasteiger partial charge in [0.2, 0.25) is 0 Å². The molecule has 0 saturated carbocycles. The minimum absolute atomic E-state index is 0.0913. The van der Waals surface area contributed by atoms with Crippen molar-refractivity contribution in [1.82, 2.24) is 0 Å². The normalized spacial score (nSPS) is 9.43. The highest BCUT2D eigenvalue weighted by molar-refractivity contribution is 5.91. The molecule has 0 aliphatic carbocycles. The molecule has 0 aliphatic rings. The fraction of sp³-hybridized carbons (Fsp3) is 0.550. The van der Waals surface area contributed by atoms with Gasteiger partial charge in [-0.25, -0.2) is 0 Å². The first kappa shape index (κ1) is 21.9. The summed E-state index contributed by atoms with van der Waals surface area (Å²) in [6.45, 7) is 11.8. The summed E-state index contributed by atoms with van der Waals surface area (Å²) in [6.07, 6.45) is 9.85. The number of ketones is 1. The van der Waals surface area contributed by atoms with Crippen LogP contribution in [0.3, 0.4) is 0 Å². The summed E-state index contributed by atoms with van der Waals surface area (Å²) >= 11 is 0. The lowest BCUT2D eigenvalue weighted by molar-refractivity contribution is -0.112. The number of hydrogen-bond donors (Lipinski definition) is 0. The van der Waals surface area contributed by atoms with Gasteiger partial charge in [0.25, 0.3) is 0 Å². The van der Waals surface area contributed by atoms with Crippen LogP contribution in [0.15, 0.2) is 30.3 Å². The fourth-order valence-corrected chi connectivity index (χ4v) is 1.76. The molecule has 0 unspecified atom stereocenters. The Morgan fingerprint density at radius 1 is 0.952 bits per heavy atom. The van der Waals surface area contributed by atoms with Crippen molar-refractivity contribution in [2.75, 3.05) is 0 Å². The predicted molar refractivity (Wildman–Crippen MR) is 96.7 cm³/mol. The Hall–Kier alpha value is -1.37. The van der Waals surface area contributed by atoms with Gasteiger partial charge in [-0.05, 0) is 37.0 Å². The average Bonchev–Trinajstić information content (AvgIpc) is 2.54. The summed E-state index contributed by atoms with van der Waals surface area (Å²) in [5, 5.41) is 0. The highest BCUT2D eigenvalue weighted by Crippen LogP contribution is 2.10. The highest BCUT2D eigenvalue weighted by atomic mass is 16.1. The van der Waals surface area contributed by atoms with Crippen molar-refractivity contribution in [2.24, 2.45) is 0 Å². The zero-order chi connectivity index (χ0) is 16.5. The maximum atomic E-state index is 10.8. The average molecular weight is 290 g/mol. The lowest BCUT2D eigenvalue weighted by Crippen LogP contribution is -1.86. The zero-order valence-electron chi connectivity index (χ0n) is 14.9. The molecule has 0 atom stereocenters. The van der Waals surface area contributed by atoms with E-state index in [0.29, 0.717) is 0 Å². The number of carbonyl (C=O) groups is 1. The maximum Gasteiger partial charge on any atom is 0.152 e. The minimum atomic E-state index is 0.0913. The number of unbranched alkanes of at least 4 members (excludes halogenated alkanes) is 3. The predicted octanol–water partition coefficient (Wildman–Crippen LogP) is 6.46. The summed E-state index contributed by atoms with van der Waals surface area (Å²) in [5.41, 5.74) is 2.48. The second-order valence-corrected chi connectivity index (χ2v) is 4.50. The molecule has 0 spiro atoms. The minimum Gasteiger partial charge on any atom is -0.295 e. The van der Waals surface area contributed by atoms with E-state index >= 15 is 0 Å². The van der Waals surface area contributed by atoms with E-state index in [4.69, 9.17) is 0 Å². The van der Waals surface area contributed by atoms with Gasteiger partial charge in [0.05, 0.1) is 0 Å². The van der Waals surface area contributed by atoms with E-state index < -0.39 is 0 Å². The van der Waals surface area contributed by atoms with Gasteiger partial charge in [0.1, 0.15) is 0 Å². The number of allylic oxidation sites excluding steroid dienone is 1. The number of rotatable bonds is 7. The van der Waals surface area contributed by atoms with Gasteiger partial charge >= 0.3 is 0 Å². The van der Waals surface area contributed by atoms with Crippen LogP contribution in [-0.2, 0) is 11.2 Å². The third-order valence-corrected chi connectivity index (χ3v) is 2.81. The Morgan fingerprint density at radius 3 is 2.00 bits per heavy atom. The number of aryl methyl sites for hydroxylation is 1. The molecule has 1 heteroatoms. The van der Waals surface area contributed by atoms with Crippen LogP contribution in [0.25, 0.3) is 6.08 Å². The lowest BCUT2D eigenvalue weighted by Gasteiger charge is -2.01. The second-order valence-electron chi connectivity index (χ2n) is 4.50. The largest absolute Gasteiger partial charge is 0.295 e. The molecule has 0 heterocycles. The van der Waals surface area contributed by atoms with Gasteiger partial charge in [0, 0.05) is 0 Å². The van der Waals surface area contributed by atoms with Crippen molar-refractivity contribution in [3.05, 3.63) is 41.5 Å². The molecule has 0 amide bonds. The summed E-state index contributed by atoms with van der Waals surface area (Å²) < 4.78 is 0. The van der Waals surface area contributed by atoms with Crippen molar-refractivity contribution >= 4 is 11.9 Å². The number of hydrogen-bond acceptors (Lipinski definition) is 1. The number of benzene rings is 1. The molecule has 1 nitrogen and oxygen atoms in total. The van der Waals surface area contributed by atoms with E-state index in [-0.39, 0.29) is 5.78 Å². The van der Waals surface area contributed by atoms with Crippen LogP contribution >= 0.6 is 0 Å². The molecule has 0 N–H and O–H groups in total. The van der Waals surface area contributed by atoms with E-state index in [0.717, 1.165) is 12.0 Å². The lowest BCUT2D eigenvalue weighted by atomic mass is 10.0. The van der Waals surface area contributed by atoms with Crippen molar-refractivity contribution in [3.8, 4) is 0 Å². The zero-order valence-corrected chi connectivity index (χ0v) is 14.9. The standard InChI is InChI=1S/C16H22O.2C2H6/c1-3-4-5-6-7-15-10-12-16(13-11-15)9-8-14(2)17;2*1-2/h8-13H,3-7H2,1-2H3;2*1-2H3/b9-8+;;. The summed E-state index contributed by atoms with van der Waals surface area (Å²) in [5.74, 6) is 0.0913. The van der Waals surface area contributed by atoms with Gasteiger partial charge in [-0.3, -0.25) is 4.79 Å². The molecular formula is C20H34O. The Labute approximate surface area is 132 Å². The summed E-state index contributed by atoms with van der Waals surface area (Å²) in [7, 11) is 0. The van der Waals surface area contributed by atoms with E-state index in [2.05, 4.69) is 31.2 Å². The van der Waals surface area contributed by atoms with Crippen molar-refractivity contribution < 1.29 is 4.79 Å². The highest BCUT2D eigenvalue weighted by Gasteiger charge is 1.94. The van der Waals surface area contributed by atoms with Crippen LogP contribution in [0.5, 0.6) is 0 Å². The first-order valence-electron chi connectivity index (χ1n) is 8.50. The SMILES string of the molecule is CC.CC.CCCCCCc1ccc(/C=C/C(C)=O)cc1.